The van der Waals surface area contributed by atoms with Crippen molar-refractivity contribution >= 4 is 39.1 Å². The van der Waals surface area contributed by atoms with E-state index in [9.17, 15) is 31.2 Å². The second-order valence-electron chi connectivity index (χ2n) is 10.9. The van der Waals surface area contributed by atoms with Crippen molar-refractivity contribution < 1.29 is 31.2 Å². The zero-order chi connectivity index (χ0) is 32.5. The van der Waals surface area contributed by atoms with Crippen LogP contribution >= 0.6 is 11.6 Å². The van der Waals surface area contributed by atoms with Crippen molar-refractivity contribution in [2.45, 2.75) is 51.9 Å². The number of halogens is 4. The lowest BCUT2D eigenvalue weighted by atomic mass is 10.0. The predicted molar refractivity (Wildman–Crippen MR) is 167 cm³/mol. The third kappa shape index (κ3) is 10.3. The fraction of sp³-hybridized carbons (Fsp3) is 0.375. The van der Waals surface area contributed by atoms with Crippen LogP contribution in [0, 0.1) is 5.92 Å². The van der Waals surface area contributed by atoms with Gasteiger partial charge in [-0.25, -0.2) is 8.42 Å². The summed E-state index contributed by atoms with van der Waals surface area (Å²) in [6, 6.07) is 19.3. The Morgan fingerprint density at radius 3 is 2.23 bits per heavy atom. The maximum atomic E-state index is 13.9. The molecule has 0 saturated carbocycles. The lowest BCUT2D eigenvalue weighted by Crippen LogP contribution is -2.51. The normalized spacial score (nSPS) is 12.5. The van der Waals surface area contributed by atoms with Crippen LogP contribution in [-0.2, 0) is 38.8 Å². The molecule has 0 radical (unpaired) electrons. The van der Waals surface area contributed by atoms with Gasteiger partial charge in [-0.2, -0.15) is 13.2 Å². The first kappa shape index (κ1) is 34.9. The lowest BCUT2D eigenvalue weighted by Gasteiger charge is -2.32. The third-order valence-corrected chi connectivity index (χ3v) is 8.43. The van der Waals surface area contributed by atoms with Crippen LogP contribution in [0.1, 0.15) is 43.4 Å². The Balaban J connectivity index is 1.90. The Hall–Kier alpha value is -3.57. The second-order valence-corrected chi connectivity index (χ2v) is 13.3. The molecule has 2 amide bonds. The zero-order valence-electron chi connectivity index (χ0n) is 24.9. The molecule has 0 spiro atoms. The molecule has 0 aromatic heterocycles. The molecule has 0 bridgehead atoms. The molecule has 0 aliphatic carbocycles. The number of hydrogen-bond donors (Lipinski definition) is 1. The van der Waals surface area contributed by atoms with Crippen molar-refractivity contribution in [3.8, 4) is 0 Å². The number of alkyl halides is 3. The van der Waals surface area contributed by atoms with Gasteiger partial charge in [0.15, 0.2) is 0 Å². The van der Waals surface area contributed by atoms with Gasteiger partial charge in [0.05, 0.1) is 17.5 Å². The molecular weight excluding hydrogens is 615 g/mol. The number of carbonyl (C=O) groups excluding carboxylic acids is 2. The van der Waals surface area contributed by atoms with Gasteiger partial charge in [0.25, 0.3) is 0 Å². The molecule has 0 fully saturated rings. The van der Waals surface area contributed by atoms with Crippen molar-refractivity contribution in [2.24, 2.45) is 5.92 Å². The van der Waals surface area contributed by atoms with Gasteiger partial charge >= 0.3 is 6.18 Å². The summed E-state index contributed by atoms with van der Waals surface area (Å²) >= 11 is 6.44. The largest absolute Gasteiger partial charge is 0.416 e. The highest BCUT2D eigenvalue weighted by Gasteiger charge is 2.33. The van der Waals surface area contributed by atoms with E-state index in [1.54, 1.807) is 24.3 Å². The first-order chi connectivity index (χ1) is 20.7. The van der Waals surface area contributed by atoms with E-state index in [2.05, 4.69) is 5.32 Å². The van der Waals surface area contributed by atoms with E-state index in [1.165, 1.54) is 11.0 Å². The highest BCUT2D eigenvalue weighted by Crippen LogP contribution is 2.32. The quantitative estimate of drug-likeness (QED) is 0.221. The number of carbonyl (C=O) groups is 2. The first-order valence-corrected chi connectivity index (χ1v) is 16.4. The Morgan fingerprint density at radius 1 is 0.955 bits per heavy atom. The maximum Gasteiger partial charge on any atom is 0.416 e. The molecule has 0 aliphatic heterocycles. The van der Waals surface area contributed by atoms with E-state index in [0.717, 1.165) is 34.3 Å². The molecular formula is C32H37ClF3N3O4S. The Bertz CT molecular complexity index is 1520. The first-order valence-electron chi connectivity index (χ1n) is 14.2. The number of amides is 2. The van der Waals surface area contributed by atoms with Crippen LogP contribution < -0.4 is 9.62 Å². The summed E-state index contributed by atoms with van der Waals surface area (Å²) in [6.07, 6.45) is -3.71. The van der Waals surface area contributed by atoms with Crippen molar-refractivity contribution in [1.82, 2.24) is 10.2 Å². The molecule has 7 nitrogen and oxygen atoms in total. The van der Waals surface area contributed by atoms with Crippen LogP contribution in [0.4, 0.5) is 18.9 Å². The van der Waals surface area contributed by atoms with E-state index in [1.807, 2.05) is 44.2 Å². The summed E-state index contributed by atoms with van der Waals surface area (Å²) in [4.78, 5) is 28.9. The highest BCUT2D eigenvalue weighted by atomic mass is 35.5. The molecule has 238 valence electrons. The SMILES string of the molecule is CC(C)CNC(=O)C(Cc1ccccc1)N(Cc1ccccc1Cl)C(=O)CCCN(c1cccc(C(F)(F)F)c1)S(C)(=O)=O. The van der Waals surface area contributed by atoms with Gasteiger partial charge in [-0.1, -0.05) is 80.0 Å². The van der Waals surface area contributed by atoms with Gasteiger partial charge in [0.2, 0.25) is 21.8 Å². The monoisotopic (exact) mass is 651 g/mol. The molecule has 1 unspecified atom stereocenters. The molecule has 3 aromatic carbocycles. The standard InChI is InChI=1S/C32H37ClF3N3O4S/c1-23(2)21-37-31(41)29(19-24-11-5-4-6-12-24)38(22-25-13-7-8-16-28(25)33)30(40)17-10-18-39(44(3,42)43)27-15-9-14-26(20-27)32(34,35)36/h4-9,11-16,20,23,29H,10,17-19,21-22H2,1-3H3,(H,37,41). The number of nitrogens with one attached hydrogen (secondary N) is 1. The molecule has 1 N–H and O–H groups in total. The number of rotatable bonds is 14. The molecule has 3 aromatic rings. The van der Waals surface area contributed by atoms with Crippen molar-refractivity contribution in [3.05, 3.63) is 101 Å². The summed E-state index contributed by atoms with van der Waals surface area (Å²) < 4.78 is 66.0. The van der Waals surface area contributed by atoms with Crippen LogP contribution in [-0.4, -0.2) is 50.5 Å². The molecule has 0 saturated heterocycles. The van der Waals surface area contributed by atoms with Gasteiger partial charge in [0, 0.05) is 37.5 Å². The van der Waals surface area contributed by atoms with Gasteiger partial charge in [-0.15, -0.1) is 0 Å². The van der Waals surface area contributed by atoms with Crippen LogP contribution in [0.25, 0.3) is 0 Å². The minimum absolute atomic E-state index is 0.00710. The van der Waals surface area contributed by atoms with Crippen LogP contribution in [0.15, 0.2) is 78.9 Å². The van der Waals surface area contributed by atoms with E-state index in [-0.39, 0.29) is 49.9 Å². The highest BCUT2D eigenvalue weighted by molar-refractivity contribution is 7.92. The molecule has 44 heavy (non-hydrogen) atoms. The van der Waals surface area contributed by atoms with Crippen molar-refractivity contribution in [3.63, 3.8) is 0 Å². The fourth-order valence-corrected chi connectivity index (χ4v) is 5.78. The average Bonchev–Trinajstić information content (AvgIpc) is 2.96. The predicted octanol–water partition coefficient (Wildman–Crippen LogP) is 6.32. The van der Waals surface area contributed by atoms with Crippen LogP contribution in [0.5, 0.6) is 0 Å². The number of nitrogens with zero attached hydrogens (tertiary/aromatic N) is 2. The number of benzene rings is 3. The Morgan fingerprint density at radius 2 is 1.61 bits per heavy atom. The minimum Gasteiger partial charge on any atom is -0.354 e. The summed E-state index contributed by atoms with van der Waals surface area (Å²) in [6.45, 7) is 4.09. The van der Waals surface area contributed by atoms with Crippen LogP contribution in [0.2, 0.25) is 5.02 Å². The molecule has 0 aliphatic rings. The van der Waals surface area contributed by atoms with Crippen LogP contribution in [0.3, 0.4) is 0 Å². The fourth-order valence-electron chi connectivity index (χ4n) is 4.63. The lowest BCUT2D eigenvalue weighted by molar-refractivity contribution is -0.141. The van der Waals surface area contributed by atoms with Gasteiger partial charge in [0.1, 0.15) is 6.04 Å². The second kappa shape index (κ2) is 15.4. The van der Waals surface area contributed by atoms with E-state index in [0.29, 0.717) is 17.1 Å². The molecule has 0 heterocycles. The Kier molecular flexibility index (Phi) is 12.2. The molecule has 1 atom stereocenters. The minimum atomic E-state index is -4.65. The number of sulfonamides is 1. The van der Waals surface area contributed by atoms with Crippen molar-refractivity contribution in [1.29, 1.82) is 0 Å². The number of anilines is 1. The topological polar surface area (TPSA) is 86.8 Å². The molecule has 3 rings (SSSR count). The average molecular weight is 652 g/mol. The summed E-state index contributed by atoms with van der Waals surface area (Å²) in [5.74, 6) is -0.602. The number of hydrogen-bond acceptors (Lipinski definition) is 4. The van der Waals surface area contributed by atoms with Gasteiger partial charge < -0.3 is 10.2 Å². The molecule has 12 heteroatoms. The zero-order valence-corrected chi connectivity index (χ0v) is 26.4. The van der Waals surface area contributed by atoms with Crippen molar-refractivity contribution in [2.75, 3.05) is 23.7 Å². The smallest absolute Gasteiger partial charge is 0.354 e. The Labute approximate surface area is 262 Å². The van der Waals surface area contributed by atoms with E-state index < -0.39 is 33.7 Å². The summed E-state index contributed by atoms with van der Waals surface area (Å²) in [5, 5.41) is 3.34. The van der Waals surface area contributed by atoms with Gasteiger partial charge in [-0.05, 0) is 47.7 Å². The van der Waals surface area contributed by atoms with E-state index >= 15 is 0 Å². The maximum absolute atomic E-state index is 13.9. The summed E-state index contributed by atoms with van der Waals surface area (Å²) in [5.41, 5.74) is 0.320. The third-order valence-electron chi connectivity index (χ3n) is 6.87. The van der Waals surface area contributed by atoms with Gasteiger partial charge in [-0.3, -0.25) is 13.9 Å². The van der Waals surface area contributed by atoms with E-state index in [4.69, 9.17) is 11.6 Å². The summed E-state index contributed by atoms with van der Waals surface area (Å²) in [7, 11) is -3.98.